The first-order valence-electron chi connectivity index (χ1n) is 24.7. The highest BCUT2D eigenvalue weighted by atomic mass is 16.5. The molecule has 0 aromatic rings. The molecule has 0 spiro atoms. The third-order valence-corrected chi connectivity index (χ3v) is 11.2. The molecule has 3 unspecified atom stereocenters. The Labute approximate surface area is 353 Å². The van der Waals surface area contributed by atoms with Crippen molar-refractivity contribution in [1.82, 2.24) is 5.32 Å². The van der Waals surface area contributed by atoms with Gasteiger partial charge in [0, 0.05) is 6.42 Å². The van der Waals surface area contributed by atoms with E-state index in [9.17, 15) is 19.8 Å². The van der Waals surface area contributed by atoms with E-state index in [0.29, 0.717) is 19.3 Å². The Balaban J connectivity index is 4.59. The van der Waals surface area contributed by atoms with Crippen LogP contribution in [0.25, 0.3) is 0 Å². The first-order chi connectivity index (χ1) is 28.0. The van der Waals surface area contributed by atoms with Gasteiger partial charge in [-0.15, -0.1) is 0 Å². The summed E-state index contributed by atoms with van der Waals surface area (Å²) in [7, 11) is 0. The van der Waals surface area contributed by atoms with Crippen LogP contribution in [0.5, 0.6) is 0 Å². The van der Waals surface area contributed by atoms with E-state index in [1.54, 1.807) is 0 Å². The van der Waals surface area contributed by atoms with E-state index < -0.39 is 18.2 Å². The van der Waals surface area contributed by atoms with Crippen molar-refractivity contribution in [2.24, 2.45) is 0 Å². The summed E-state index contributed by atoms with van der Waals surface area (Å²) < 4.78 is 5.91. The molecule has 0 saturated carbocycles. The summed E-state index contributed by atoms with van der Waals surface area (Å²) in [6, 6.07) is -0.706. The van der Waals surface area contributed by atoms with Gasteiger partial charge >= 0.3 is 5.97 Å². The van der Waals surface area contributed by atoms with E-state index in [-0.39, 0.29) is 24.9 Å². The Morgan fingerprint density at radius 3 is 1.44 bits per heavy atom. The van der Waals surface area contributed by atoms with Gasteiger partial charge in [-0.1, -0.05) is 198 Å². The van der Waals surface area contributed by atoms with Gasteiger partial charge in [-0.2, -0.15) is 0 Å². The number of allylic oxidation sites excluding steroid dienone is 6. The van der Waals surface area contributed by atoms with Crippen molar-refractivity contribution in [1.29, 1.82) is 0 Å². The van der Waals surface area contributed by atoms with Crippen molar-refractivity contribution >= 4 is 11.9 Å². The van der Waals surface area contributed by atoms with Crippen molar-refractivity contribution in [2.75, 3.05) is 6.61 Å². The zero-order valence-corrected chi connectivity index (χ0v) is 38.0. The number of esters is 1. The van der Waals surface area contributed by atoms with E-state index in [2.05, 4.69) is 62.5 Å². The average molecular weight is 802 g/mol. The number of carbonyl (C=O) groups is 2. The Hall–Kier alpha value is -1.92. The molecule has 0 bridgehead atoms. The second kappa shape index (κ2) is 45.2. The minimum absolute atomic E-state index is 0.0639. The molecule has 6 heteroatoms. The fraction of sp³-hybridized carbons (Fsp3) is 0.843. The highest BCUT2D eigenvalue weighted by Crippen LogP contribution is 2.17. The second-order valence-corrected chi connectivity index (χ2v) is 16.8. The maximum Gasteiger partial charge on any atom is 0.306 e. The third-order valence-electron chi connectivity index (χ3n) is 11.2. The molecule has 0 aliphatic heterocycles. The Bertz CT molecular complexity index is 946. The fourth-order valence-corrected chi connectivity index (χ4v) is 7.46. The molecule has 57 heavy (non-hydrogen) atoms. The van der Waals surface area contributed by atoms with Crippen LogP contribution in [0.3, 0.4) is 0 Å². The smallest absolute Gasteiger partial charge is 0.306 e. The largest absolute Gasteiger partial charge is 0.462 e. The van der Waals surface area contributed by atoms with E-state index in [1.807, 2.05) is 0 Å². The lowest BCUT2D eigenvalue weighted by Crippen LogP contribution is -2.46. The normalized spacial score (nSPS) is 13.6. The fourth-order valence-electron chi connectivity index (χ4n) is 7.46. The van der Waals surface area contributed by atoms with Crippen LogP contribution in [-0.4, -0.2) is 46.9 Å². The van der Waals surface area contributed by atoms with Crippen LogP contribution in [0.15, 0.2) is 36.5 Å². The van der Waals surface area contributed by atoms with Crippen LogP contribution in [-0.2, 0) is 14.3 Å². The molecule has 0 fully saturated rings. The number of aliphatic hydroxyl groups is 2. The number of aliphatic hydroxyl groups excluding tert-OH is 2. The maximum absolute atomic E-state index is 13.2. The molecular weight excluding hydrogens is 707 g/mol. The monoisotopic (exact) mass is 802 g/mol. The molecule has 0 aliphatic rings. The molecule has 0 saturated heterocycles. The summed E-state index contributed by atoms with van der Waals surface area (Å²) in [5.41, 5.74) is 0. The second-order valence-electron chi connectivity index (χ2n) is 16.8. The molecule has 0 heterocycles. The zero-order chi connectivity index (χ0) is 41.7. The molecule has 3 N–H and O–H groups in total. The lowest BCUT2D eigenvalue weighted by Gasteiger charge is -2.24. The molecule has 3 atom stereocenters. The Morgan fingerprint density at radius 2 is 0.947 bits per heavy atom. The molecule has 0 rings (SSSR count). The number of unbranched alkanes of at least 4 members (excludes halogenated alkanes) is 26. The number of hydrogen-bond acceptors (Lipinski definition) is 5. The summed E-state index contributed by atoms with van der Waals surface area (Å²) in [6.45, 7) is 6.36. The van der Waals surface area contributed by atoms with E-state index in [4.69, 9.17) is 4.74 Å². The number of ether oxygens (including phenoxy) is 1. The minimum atomic E-state index is -0.791. The Kier molecular flexibility index (Phi) is 43.6. The third kappa shape index (κ3) is 40.6. The number of nitrogens with one attached hydrogen (secondary N) is 1. The van der Waals surface area contributed by atoms with Crippen molar-refractivity contribution in [3.8, 4) is 0 Å². The molecular formula is C51H95NO5. The standard InChI is InChI=1S/C51H95NO5/c1-4-7-10-13-16-19-22-25-26-29-32-35-38-41-44-51(56)57-47(42-39-36-33-30-27-23-20-17-14-11-8-5-2)45-50(55)52-48(46-53)49(54)43-40-37-34-31-28-24-21-18-15-12-9-6-3/h8,11,17,20,26,29,47-49,53-54H,4-7,9-10,12-16,18-19,21-25,27-28,30-46H2,1-3H3,(H,52,55)/b11-8+,20-17+,29-26-. The first-order valence-corrected chi connectivity index (χ1v) is 24.7. The summed E-state index contributed by atoms with van der Waals surface area (Å²) in [4.78, 5) is 26.1. The van der Waals surface area contributed by atoms with Crippen molar-refractivity contribution in [2.45, 2.75) is 270 Å². The lowest BCUT2D eigenvalue weighted by molar-refractivity contribution is -0.151. The zero-order valence-electron chi connectivity index (χ0n) is 38.0. The molecule has 334 valence electrons. The molecule has 0 radical (unpaired) electrons. The van der Waals surface area contributed by atoms with Gasteiger partial charge in [0.15, 0.2) is 0 Å². The molecule has 6 nitrogen and oxygen atoms in total. The van der Waals surface area contributed by atoms with Gasteiger partial charge in [0.2, 0.25) is 5.91 Å². The quantitative estimate of drug-likeness (QED) is 0.0324. The topological polar surface area (TPSA) is 95.9 Å². The lowest BCUT2D eigenvalue weighted by atomic mass is 10.0. The predicted molar refractivity (Wildman–Crippen MR) is 246 cm³/mol. The number of carbonyl (C=O) groups excluding carboxylic acids is 2. The number of rotatable bonds is 44. The summed E-state index contributed by atoms with van der Waals surface area (Å²) in [5.74, 6) is -0.502. The Morgan fingerprint density at radius 1 is 0.526 bits per heavy atom. The first kappa shape index (κ1) is 55.1. The van der Waals surface area contributed by atoms with Gasteiger partial charge in [0.1, 0.15) is 6.10 Å². The van der Waals surface area contributed by atoms with Crippen molar-refractivity contribution in [3.05, 3.63) is 36.5 Å². The summed E-state index contributed by atoms with van der Waals surface area (Å²) >= 11 is 0. The molecule has 1 amide bonds. The van der Waals surface area contributed by atoms with Gasteiger partial charge in [-0.3, -0.25) is 9.59 Å². The van der Waals surface area contributed by atoms with Crippen molar-refractivity contribution in [3.63, 3.8) is 0 Å². The average Bonchev–Trinajstić information content (AvgIpc) is 3.20. The highest BCUT2D eigenvalue weighted by molar-refractivity contribution is 5.77. The van der Waals surface area contributed by atoms with E-state index in [0.717, 1.165) is 83.5 Å². The van der Waals surface area contributed by atoms with E-state index >= 15 is 0 Å². The SMILES string of the molecule is CC/C=C/C/C=C/CCCCCCCC(CC(=O)NC(CO)C(O)CCCCCCCCCCCCCC)OC(=O)CCCCC/C=C\CCCCCCCCC. The van der Waals surface area contributed by atoms with Crippen molar-refractivity contribution < 1.29 is 24.5 Å². The van der Waals surface area contributed by atoms with Crippen LogP contribution in [0, 0.1) is 0 Å². The van der Waals surface area contributed by atoms with Crippen LogP contribution in [0.2, 0.25) is 0 Å². The maximum atomic E-state index is 13.2. The van der Waals surface area contributed by atoms with E-state index in [1.165, 1.54) is 122 Å². The minimum Gasteiger partial charge on any atom is -0.462 e. The number of amides is 1. The highest BCUT2D eigenvalue weighted by Gasteiger charge is 2.24. The van der Waals surface area contributed by atoms with Crippen LogP contribution in [0.4, 0.5) is 0 Å². The summed E-state index contributed by atoms with van der Waals surface area (Å²) in [5, 5.41) is 23.7. The van der Waals surface area contributed by atoms with Gasteiger partial charge in [0.05, 0.1) is 25.2 Å². The molecule has 0 aliphatic carbocycles. The van der Waals surface area contributed by atoms with Crippen LogP contribution >= 0.6 is 0 Å². The molecule has 0 aromatic carbocycles. The molecule has 0 aromatic heterocycles. The van der Waals surface area contributed by atoms with Gasteiger partial charge in [-0.25, -0.2) is 0 Å². The van der Waals surface area contributed by atoms with Gasteiger partial charge in [0.25, 0.3) is 0 Å². The summed E-state index contributed by atoms with van der Waals surface area (Å²) in [6.07, 6.45) is 52.0. The van der Waals surface area contributed by atoms with Crippen LogP contribution in [0.1, 0.15) is 252 Å². The van der Waals surface area contributed by atoms with Gasteiger partial charge in [-0.05, 0) is 77.0 Å². The predicted octanol–water partition coefficient (Wildman–Crippen LogP) is 14.5. The van der Waals surface area contributed by atoms with Gasteiger partial charge < -0.3 is 20.3 Å². The van der Waals surface area contributed by atoms with Crippen LogP contribution < -0.4 is 5.32 Å². The number of hydrogen-bond donors (Lipinski definition) is 3.